The zero-order chi connectivity index (χ0) is 25.5. The molecule has 4 heterocycles. The molecule has 2 atom stereocenters. The largest absolute Gasteiger partial charge is 0.332 e. The van der Waals surface area contributed by atoms with Crippen LogP contribution in [0.25, 0.3) is 0 Å². The number of nitrogens with one attached hydrogen (secondary N) is 1. The second kappa shape index (κ2) is 12.9. The fourth-order valence-corrected chi connectivity index (χ4v) is 6.05. The van der Waals surface area contributed by atoms with Crippen molar-refractivity contribution in [2.24, 2.45) is 0 Å². The fraction of sp³-hybridized carbons (Fsp3) is 0.593. The molecule has 3 saturated heterocycles. The van der Waals surface area contributed by atoms with Crippen molar-refractivity contribution in [3.63, 3.8) is 0 Å². The first-order valence-electron chi connectivity index (χ1n) is 13.1. The van der Waals surface area contributed by atoms with Crippen LogP contribution < -0.4 is 5.32 Å². The Morgan fingerprint density at radius 2 is 1.83 bits per heavy atom. The maximum Gasteiger partial charge on any atom is 0.237 e. The lowest BCUT2D eigenvalue weighted by Gasteiger charge is -2.33. The van der Waals surface area contributed by atoms with Gasteiger partial charge in [0.25, 0.3) is 0 Å². The Bertz CT molecular complexity index is 1010. The van der Waals surface area contributed by atoms with Crippen LogP contribution >= 0.6 is 11.3 Å². The Balaban J connectivity index is 0.000000375. The molecule has 0 spiro atoms. The van der Waals surface area contributed by atoms with E-state index in [-0.39, 0.29) is 23.5 Å². The maximum absolute atomic E-state index is 13.1. The van der Waals surface area contributed by atoms with Crippen LogP contribution in [-0.2, 0) is 4.79 Å². The number of piperidine rings is 1. The molecule has 9 heteroatoms. The number of benzene rings is 1. The second-order valence-corrected chi connectivity index (χ2v) is 11.0. The molecule has 3 aliphatic heterocycles. The van der Waals surface area contributed by atoms with Gasteiger partial charge in [0, 0.05) is 43.2 Å². The summed E-state index contributed by atoms with van der Waals surface area (Å²) in [5.41, 5.74) is 0.766. The Morgan fingerprint density at radius 3 is 2.50 bits per heavy atom. The van der Waals surface area contributed by atoms with Crippen LogP contribution in [0.2, 0.25) is 0 Å². The average Bonchev–Trinajstić information content (AvgIpc) is 3.55. The number of hydrogen-bond donors (Lipinski definition) is 1. The van der Waals surface area contributed by atoms with Crippen LogP contribution in [0, 0.1) is 5.82 Å². The molecule has 1 aromatic carbocycles. The molecular formula is C27H38FN5O2S. The summed E-state index contributed by atoms with van der Waals surface area (Å²) in [6.45, 7) is 8.57. The van der Waals surface area contributed by atoms with E-state index >= 15 is 0 Å². The zero-order valence-electron chi connectivity index (χ0n) is 21.4. The van der Waals surface area contributed by atoms with Crippen LogP contribution in [0.4, 0.5) is 4.39 Å². The molecule has 3 fully saturated rings. The second-order valence-electron chi connectivity index (χ2n) is 10.1. The van der Waals surface area contributed by atoms with E-state index in [1.165, 1.54) is 68.0 Å². The number of carbonyl (C=O) groups is 2. The van der Waals surface area contributed by atoms with Crippen molar-refractivity contribution < 1.29 is 14.0 Å². The summed E-state index contributed by atoms with van der Waals surface area (Å²) in [4.78, 5) is 36.6. The molecule has 7 nitrogen and oxygen atoms in total. The number of amides is 1. The summed E-state index contributed by atoms with van der Waals surface area (Å²) in [6, 6.07) is 5.81. The van der Waals surface area contributed by atoms with Gasteiger partial charge in [0.05, 0.1) is 12.6 Å². The molecule has 0 radical (unpaired) electrons. The van der Waals surface area contributed by atoms with Crippen molar-refractivity contribution in [3.8, 4) is 0 Å². The number of aromatic nitrogens is 1. The first kappa shape index (κ1) is 26.9. The lowest BCUT2D eigenvalue weighted by molar-refractivity contribution is -0.133. The molecule has 1 N–H and O–H groups in total. The fourth-order valence-electron chi connectivity index (χ4n) is 5.11. The van der Waals surface area contributed by atoms with Crippen molar-refractivity contribution in [2.75, 3.05) is 52.9 Å². The predicted molar refractivity (Wildman–Crippen MR) is 141 cm³/mol. The number of likely N-dealkylation sites (tertiary alicyclic amines) is 2. The lowest BCUT2D eigenvalue weighted by Crippen LogP contribution is -2.52. The van der Waals surface area contributed by atoms with Crippen molar-refractivity contribution >= 4 is 23.0 Å². The molecule has 1 amide bonds. The topological polar surface area (TPSA) is 68.8 Å². The number of ketones is 1. The molecule has 5 rings (SSSR count). The van der Waals surface area contributed by atoms with Gasteiger partial charge in [0.2, 0.25) is 11.7 Å². The molecule has 1 aromatic heterocycles. The van der Waals surface area contributed by atoms with Gasteiger partial charge in [-0.2, -0.15) is 0 Å². The van der Waals surface area contributed by atoms with Gasteiger partial charge in [0.15, 0.2) is 0 Å². The van der Waals surface area contributed by atoms with Crippen molar-refractivity contribution in [1.82, 2.24) is 25.0 Å². The Morgan fingerprint density at radius 1 is 1.08 bits per heavy atom. The third-order valence-electron chi connectivity index (χ3n) is 7.11. The van der Waals surface area contributed by atoms with Gasteiger partial charge in [-0.05, 0) is 77.0 Å². The Labute approximate surface area is 217 Å². The first-order chi connectivity index (χ1) is 17.4. The van der Waals surface area contributed by atoms with Crippen LogP contribution in [0.15, 0.2) is 29.6 Å². The summed E-state index contributed by atoms with van der Waals surface area (Å²) >= 11 is 1.42. The SMILES string of the molecule is CC1CN(CC(=O)N2CCC[C@H]2c2nc(C(=O)c3ccc(F)cc3)cs2)CCN1.CN1CCCCC1. The smallest absolute Gasteiger partial charge is 0.237 e. The quantitative estimate of drug-likeness (QED) is 0.614. The van der Waals surface area contributed by atoms with Gasteiger partial charge < -0.3 is 15.1 Å². The van der Waals surface area contributed by atoms with E-state index in [9.17, 15) is 14.0 Å². The number of rotatable bonds is 5. The normalized spacial score (nSPS) is 23.2. The van der Waals surface area contributed by atoms with Crippen LogP contribution in [-0.4, -0.2) is 90.3 Å². The molecule has 0 aliphatic carbocycles. The minimum atomic E-state index is -0.375. The van der Waals surface area contributed by atoms with E-state index in [2.05, 4.69) is 34.1 Å². The minimum Gasteiger partial charge on any atom is -0.332 e. The minimum absolute atomic E-state index is 0.0670. The maximum atomic E-state index is 13.1. The summed E-state index contributed by atoms with van der Waals surface area (Å²) in [5.74, 6) is -0.471. The number of halogens is 1. The van der Waals surface area contributed by atoms with Gasteiger partial charge >= 0.3 is 0 Å². The average molecular weight is 516 g/mol. The van der Waals surface area contributed by atoms with Crippen LogP contribution in [0.3, 0.4) is 0 Å². The lowest BCUT2D eigenvalue weighted by atomic mass is 10.1. The van der Waals surface area contributed by atoms with E-state index in [4.69, 9.17) is 0 Å². The highest BCUT2D eigenvalue weighted by atomic mass is 32.1. The van der Waals surface area contributed by atoms with E-state index in [0.717, 1.165) is 44.0 Å². The number of hydrogen-bond acceptors (Lipinski definition) is 7. The zero-order valence-corrected chi connectivity index (χ0v) is 22.2. The molecule has 1 unspecified atom stereocenters. The van der Waals surface area contributed by atoms with Gasteiger partial charge in [-0.3, -0.25) is 14.5 Å². The van der Waals surface area contributed by atoms with Gasteiger partial charge in [-0.1, -0.05) is 6.42 Å². The Hall–Kier alpha value is -2.20. The molecule has 36 heavy (non-hydrogen) atoms. The van der Waals surface area contributed by atoms with Gasteiger partial charge in [0.1, 0.15) is 16.5 Å². The molecule has 2 aromatic rings. The molecule has 3 aliphatic rings. The highest BCUT2D eigenvalue weighted by Crippen LogP contribution is 2.34. The number of thiazole rings is 1. The molecule has 0 saturated carbocycles. The first-order valence-corrected chi connectivity index (χ1v) is 14.0. The number of piperazine rings is 1. The molecule has 0 bridgehead atoms. The highest BCUT2D eigenvalue weighted by molar-refractivity contribution is 7.10. The monoisotopic (exact) mass is 515 g/mol. The number of carbonyl (C=O) groups excluding carboxylic acids is 2. The Kier molecular flexibility index (Phi) is 9.59. The standard InChI is InChI=1S/C21H25FN4O2S.C6H13N/c1-14-11-25(10-8-23-14)12-19(27)26-9-2-3-18(26)21-24-17(13-29-21)20(28)15-4-6-16(22)7-5-15;1-7-5-3-2-4-6-7/h4-7,13-14,18,23H,2-3,8-12H2,1H3;2-6H2,1H3/t14?,18-;/m0./s1. The predicted octanol–water partition coefficient (Wildman–Crippen LogP) is 3.57. The van der Waals surface area contributed by atoms with E-state index in [1.807, 2.05) is 4.90 Å². The third kappa shape index (κ3) is 7.18. The molecule has 196 valence electrons. The summed E-state index contributed by atoms with van der Waals surface area (Å²) < 4.78 is 13.1. The molecular weight excluding hydrogens is 477 g/mol. The van der Waals surface area contributed by atoms with Gasteiger partial charge in [-0.15, -0.1) is 11.3 Å². The summed E-state index contributed by atoms with van der Waals surface area (Å²) in [7, 11) is 2.19. The number of nitrogens with zero attached hydrogens (tertiary/aromatic N) is 4. The van der Waals surface area contributed by atoms with Crippen LogP contribution in [0.5, 0.6) is 0 Å². The van der Waals surface area contributed by atoms with Crippen molar-refractivity contribution in [1.29, 1.82) is 0 Å². The highest BCUT2D eigenvalue weighted by Gasteiger charge is 2.33. The van der Waals surface area contributed by atoms with Gasteiger partial charge in [-0.25, -0.2) is 9.37 Å². The van der Waals surface area contributed by atoms with Crippen molar-refractivity contribution in [3.05, 3.63) is 51.7 Å². The van der Waals surface area contributed by atoms with E-state index in [1.54, 1.807) is 5.38 Å². The van der Waals surface area contributed by atoms with Crippen LogP contribution in [0.1, 0.15) is 66.1 Å². The van der Waals surface area contributed by atoms with E-state index in [0.29, 0.717) is 23.8 Å². The van der Waals surface area contributed by atoms with E-state index < -0.39 is 0 Å². The summed E-state index contributed by atoms with van der Waals surface area (Å²) in [5, 5.41) is 5.93. The third-order valence-corrected chi connectivity index (χ3v) is 8.06. The summed E-state index contributed by atoms with van der Waals surface area (Å²) in [6.07, 6.45) is 6.08. The van der Waals surface area contributed by atoms with Crippen molar-refractivity contribution in [2.45, 2.75) is 51.1 Å².